The zero-order valence-corrected chi connectivity index (χ0v) is 26.4. The lowest BCUT2D eigenvalue weighted by molar-refractivity contribution is 0.246. The first-order chi connectivity index (χ1) is 14.1. The van der Waals surface area contributed by atoms with Crippen LogP contribution in [0.25, 0.3) is 0 Å². The van der Waals surface area contributed by atoms with Crippen LogP contribution in [0, 0.1) is 0 Å². The number of rotatable bonds is 16. The van der Waals surface area contributed by atoms with Crippen molar-refractivity contribution in [2.45, 2.75) is 77.6 Å². The molecule has 0 saturated heterocycles. The van der Waals surface area contributed by atoms with E-state index < -0.39 is 25.2 Å². The van der Waals surface area contributed by atoms with Crippen molar-refractivity contribution in [3.05, 3.63) is 0 Å². The summed E-state index contributed by atoms with van der Waals surface area (Å²) in [5, 5.41) is 0. The molecule has 0 aromatic carbocycles. The molecule has 0 bridgehead atoms. The molecule has 32 heavy (non-hydrogen) atoms. The van der Waals surface area contributed by atoms with Gasteiger partial charge in [-0.1, -0.05) is 7.43 Å². The number of hydrogen-bond donors (Lipinski definition) is 0. The highest BCUT2D eigenvalue weighted by Crippen LogP contribution is 2.23. The first-order valence-corrected chi connectivity index (χ1v) is 20.6. The fraction of sp³-hybridized carbons (Fsp3) is 1.00. The highest BCUT2D eigenvalue weighted by Gasteiger charge is 2.32. The summed E-state index contributed by atoms with van der Waals surface area (Å²) >= 11 is 0. The van der Waals surface area contributed by atoms with E-state index >= 15 is 0 Å². The first-order valence-electron chi connectivity index (χ1n) is 11.8. The molecule has 0 aromatic heterocycles. The van der Waals surface area contributed by atoms with Gasteiger partial charge in [0.25, 0.3) is 0 Å². The second-order valence-electron chi connectivity index (χ2n) is 10.9. The van der Waals surface area contributed by atoms with Crippen molar-refractivity contribution in [1.82, 2.24) is 14.7 Å². The predicted octanol–water partition coefficient (Wildman–Crippen LogP) is 5.26. The van der Waals surface area contributed by atoms with E-state index in [4.69, 9.17) is 13.0 Å². The van der Waals surface area contributed by atoms with Gasteiger partial charge in [0, 0.05) is 14.2 Å². The maximum Gasteiger partial charge on any atom is 0.334 e. The van der Waals surface area contributed by atoms with Gasteiger partial charge in [0.1, 0.15) is 0 Å². The van der Waals surface area contributed by atoms with Gasteiger partial charge in [-0.2, -0.15) is 0 Å². The molecule has 0 heterocycles. The minimum absolute atomic E-state index is 0. The van der Waals surface area contributed by atoms with Gasteiger partial charge in [-0.15, -0.1) is 0 Å². The van der Waals surface area contributed by atoms with E-state index in [2.05, 4.69) is 89.7 Å². The number of hydrogen-bond acceptors (Lipinski definition) is 6. The minimum atomic E-state index is -1.79. The average molecular weight is 512 g/mol. The normalized spacial score (nSPS) is 12.8. The molecule has 0 aliphatic heterocycles. The van der Waals surface area contributed by atoms with E-state index in [1.54, 1.807) is 14.2 Å². The molecule has 0 spiro atoms. The van der Waals surface area contributed by atoms with Crippen molar-refractivity contribution in [1.29, 1.82) is 0 Å². The lowest BCUT2D eigenvalue weighted by Gasteiger charge is -2.34. The zero-order valence-electron chi connectivity index (χ0n) is 23.4. The maximum atomic E-state index is 6.63. The van der Waals surface area contributed by atoms with Crippen molar-refractivity contribution >= 4 is 25.2 Å². The Hall–Kier alpha value is 0.411. The third kappa shape index (κ3) is 23.6. The molecule has 0 radical (unpaired) electrons. The summed E-state index contributed by atoms with van der Waals surface area (Å²) < 4.78 is 17.4. The Balaban J connectivity index is -0.000000561. The van der Waals surface area contributed by atoms with Gasteiger partial charge >= 0.3 is 8.56 Å². The van der Waals surface area contributed by atoms with Crippen LogP contribution in [0.5, 0.6) is 0 Å². The Morgan fingerprint density at radius 3 is 1.06 bits per heavy atom. The molecule has 6 nitrogen and oxygen atoms in total. The van der Waals surface area contributed by atoms with Crippen molar-refractivity contribution in [3.63, 3.8) is 0 Å². The van der Waals surface area contributed by atoms with Gasteiger partial charge in [-0.3, -0.25) is 0 Å². The van der Waals surface area contributed by atoms with E-state index in [1.165, 1.54) is 38.0 Å². The molecule has 198 valence electrons. The van der Waals surface area contributed by atoms with Crippen LogP contribution in [0.3, 0.4) is 0 Å². The quantitative estimate of drug-likeness (QED) is 0.263. The standard InChI is InChI=1S/C14H36N2OSi2.C8H21NO2Si.CH4/c1-15(2)11-9-13-18(5,6)17-19(7,8)14-10-12-16(3)4;1-9(2)7-6-8-12(5,10-3)11-4;/h9-14H2,1-8H3;6-8H2,1-5H3;1H4. The zero-order chi connectivity index (χ0) is 24.7. The number of nitrogens with zero attached hydrogens (tertiary/aromatic N) is 3. The maximum absolute atomic E-state index is 6.63. The molecule has 0 saturated carbocycles. The molecule has 0 amide bonds. The van der Waals surface area contributed by atoms with E-state index in [0.717, 1.165) is 19.0 Å². The summed E-state index contributed by atoms with van der Waals surface area (Å²) in [5.41, 5.74) is 0. The van der Waals surface area contributed by atoms with Crippen LogP contribution in [0.2, 0.25) is 50.9 Å². The van der Waals surface area contributed by atoms with Crippen molar-refractivity contribution in [2.24, 2.45) is 0 Å². The summed E-state index contributed by atoms with van der Waals surface area (Å²) in [7, 11) is 11.5. The highest BCUT2D eigenvalue weighted by atomic mass is 28.4. The Kier molecular flexibility index (Phi) is 21.6. The summed E-state index contributed by atoms with van der Waals surface area (Å²) in [6.07, 6.45) is 3.69. The van der Waals surface area contributed by atoms with E-state index in [9.17, 15) is 0 Å². The average Bonchev–Trinajstić information content (AvgIpc) is 2.59. The van der Waals surface area contributed by atoms with E-state index in [1.807, 2.05) is 0 Å². The smallest absolute Gasteiger partial charge is 0.334 e. The lowest BCUT2D eigenvalue weighted by Crippen LogP contribution is -2.44. The summed E-state index contributed by atoms with van der Waals surface area (Å²) in [6, 6.07) is 3.64. The molecule has 0 fully saturated rings. The molecule has 0 aliphatic rings. The van der Waals surface area contributed by atoms with Crippen molar-refractivity contribution < 1.29 is 13.0 Å². The summed E-state index contributed by atoms with van der Waals surface area (Å²) in [5.74, 6) is 0. The summed E-state index contributed by atoms with van der Waals surface area (Å²) in [4.78, 5) is 6.72. The van der Waals surface area contributed by atoms with Crippen LogP contribution in [0.15, 0.2) is 0 Å². The molecule has 0 unspecified atom stereocenters. The molecule has 0 aliphatic carbocycles. The highest BCUT2D eigenvalue weighted by molar-refractivity contribution is 6.84. The monoisotopic (exact) mass is 511 g/mol. The molecule has 0 aromatic rings. The van der Waals surface area contributed by atoms with Crippen LogP contribution in [-0.4, -0.2) is 116 Å². The molecule has 0 N–H and O–H groups in total. The molecule has 9 heteroatoms. The molecular formula is C23H61N3O3Si3. The lowest BCUT2D eigenvalue weighted by atomic mass is 10.5. The van der Waals surface area contributed by atoms with E-state index in [0.29, 0.717) is 0 Å². The fourth-order valence-corrected chi connectivity index (χ4v) is 13.7. The van der Waals surface area contributed by atoms with Crippen LogP contribution in [0.1, 0.15) is 26.7 Å². The van der Waals surface area contributed by atoms with Crippen molar-refractivity contribution in [3.8, 4) is 0 Å². The second-order valence-corrected chi connectivity index (χ2v) is 23.3. The van der Waals surface area contributed by atoms with Gasteiger partial charge in [-0.05, 0) is 132 Å². The fourth-order valence-electron chi connectivity index (χ4n) is 3.50. The predicted molar refractivity (Wildman–Crippen MR) is 152 cm³/mol. The van der Waals surface area contributed by atoms with E-state index in [-0.39, 0.29) is 7.43 Å². The summed E-state index contributed by atoms with van der Waals surface area (Å²) in [6.45, 7) is 15.1. The third-order valence-corrected chi connectivity index (χ3v) is 15.9. The molecule has 0 rings (SSSR count). The van der Waals surface area contributed by atoms with Gasteiger partial charge < -0.3 is 27.7 Å². The minimum Gasteiger partial charge on any atom is -0.455 e. The topological polar surface area (TPSA) is 37.4 Å². The Morgan fingerprint density at radius 2 is 0.812 bits per heavy atom. The Bertz CT molecular complexity index is 410. The van der Waals surface area contributed by atoms with Crippen LogP contribution in [0.4, 0.5) is 0 Å². The van der Waals surface area contributed by atoms with Gasteiger partial charge in [-0.25, -0.2) is 0 Å². The second kappa shape index (κ2) is 18.7. The van der Waals surface area contributed by atoms with Gasteiger partial charge in [0.15, 0.2) is 16.6 Å². The van der Waals surface area contributed by atoms with Gasteiger partial charge in [0.2, 0.25) is 0 Å². The third-order valence-electron chi connectivity index (χ3n) is 5.42. The van der Waals surface area contributed by atoms with Crippen LogP contribution < -0.4 is 0 Å². The van der Waals surface area contributed by atoms with Crippen LogP contribution >= 0.6 is 0 Å². The molecular weight excluding hydrogens is 451 g/mol. The molecule has 0 atom stereocenters. The van der Waals surface area contributed by atoms with Crippen LogP contribution in [-0.2, 0) is 13.0 Å². The Morgan fingerprint density at radius 1 is 0.531 bits per heavy atom. The SMILES string of the molecule is C.CN(C)CCC[Si](C)(C)O[Si](C)(C)CCCN(C)C.CO[Si](C)(CCCN(C)C)OC. The first kappa shape index (κ1) is 37.0. The van der Waals surface area contributed by atoms with Gasteiger partial charge in [0.05, 0.1) is 0 Å². The largest absolute Gasteiger partial charge is 0.455 e. The Labute approximate surface area is 206 Å². The van der Waals surface area contributed by atoms with Crippen molar-refractivity contribution in [2.75, 3.05) is 76.1 Å².